The van der Waals surface area contributed by atoms with Crippen LogP contribution in [-0.4, -0.2) is 76.7 Å². The second kappa shape index (κ2) is 11.0. The summed E-state index contributed by atoms with van der Waals surface area (Å²) in [5, 5.41) is 18.7. The summed E-state index contributed by atoms with van der Waals surface area (Å²) in [5.74, 6) is -0.0610. The first-order valence-corrected chi connectivity index (χ1v) is 11.6. The van der Waals surface area contributed by atoms with Crippen molar-refractivity contribution in [2.24, 2.45) is 0 Å². The van der Waals surface area contributed by atoms with E-state index in [-0.39, 0.29) is 18.0 Å². The van der Waals surface area contributed by atoms with Gasteiger partial charge in [-0.05, 0) is 44.3 Å². The summed E-state index contributed by atoms with van der Waals surface area (Å²) >= 11 is 0. The number of benzene rings is 2. The molecule has 9 nitrogen and oxygen atoms in total. The van der Waals surface area contributed by atoms with Gasteiger partial charge in [0.1, 0.15) is 0 Å². The number of nitro benzene ring substituents is 1. The van der Waals surface area contributed by atoms with Crippen molar-refractivity contribution in [1.29, 1.82) is 0 Å². The zero-order chi connectivity index (χ0) is 23.9. The minimum Gasteiger partial charge on any atom is -0.356 e. The van der Waals surface area contributed by atoms with Crippen molar-refractivity contribution in [2.75, 3.05) is 46.3 Å². The number of carbonyl (C=O) groups is 1. The van der Waals surface area contributed by atoms with Crippen LogP contribution in [0.5, 0.6) is 0 Å². The van der Waals surface area contributed by atoms with Crippen molar-refractivity contribution >= 4 is 11.6 Å². The van der Waals surface area contributed by atoms with Crippen LogP contribution in [0.3, 0.4) is 0 Å². The lowest BCUT2D eigenvalue weighted by molar-refractivity contribution is -0.384. The molecule has 0 aliphatic carbocycles. The van der Waals surface area contributed by atoms with Crippen molar-refractivity contribution < 1.29 is 9.72 Å². The van der Waals surface area contributed by atoms with Crippen LogP contribution in [0.2, 0.25) is 0 Å². The van der Waals surface area contributed by atoms with Gasteiger partial charge in [-0.1, -0.05) is 18.2 Å². The van der Waals surface area contributed by atoms with E-state index in [0.717, 1.165) is 56.0 Å². The number of carbonyl (C=O) groups excluding carboxylic acids is 1. The van der Waals surface area contributed by atoms with E-state index in [1.54, 1.807) is 16.8 Å². The second-order valence-electron chi connectivity index (χ2n) is 8.61. The maximum atomic E-state index is 12.7. The van der Waals surface area contributed by atoms with Gasteiger partial charge in [-0.3, -0.25) is 14.9 Å². The number of nitro groups is 1. The van der Waals surface area contributed by atoms with Crippen LogP contribution >= 0.6 is 0 Å². The minimum atomic E-state index is -0.428. The van der Waals surface area contributed by atoms with E-state index in [1.165, 1.54) is 12.1 Å². The number of likely N-dealkylation sites (N-methyl/N-ethyl adjacent to an activating group) is 1. The number of hydrogen-bond donors (Lipinski definition) is 1. The van der Waals surface area contributed by atoms with E-state index in [1.807, 2.05) is 36.5 Å². The first-order valence-electron chi connectivity index (χ1n) is 11.6. The predicted octanol–water partition coefficient (Wildman–Crippen LogP) is 2.74. The Kier molecular flexibility index (Phi) is 7.66. The van der Waals surface area contributed by atoms with Gasteiger partial charge in [-0.15, -0.1) is 0 Å². The molecule has 0 bridgehead atoms. The van der Waals surface area contributed by atoms with E-state index >= 15 is 0 Å². The third-order valence-electron chi connectivity index (χ3n) is 6.08. The fourth-order valence-corrected chi connectivity index (χ4v) is 4.07. The second-order valence-corrected chi connectivity index (χ2v) is 8.61. The van der Waals surface area contributed by atoms with Crippen molar-refractivity contribution in [3.8, 4) is 16.9 Å². The zero-order valence-electron chi connectivity index (χ0n) is 19.4. The Morgan fingerprint density at radius 3 is 2.44 bits per heavy atom. The molecule has 1 N–H and O–H groups in total. The molecule has 2 heterocycles. The van der Waals surface area contributed by atoms with Crippen LogP contribution in [0.15, 0.2) is 60.8 Å². The Morgan fingerprint density at radius 2 is 1.76 bits per heavy atom. The Labute approximate surface area is 199 Å². The average molecular weight is 463 g/mol. The number of rotatable bonds is 9. The molecule has 0 radical (unpaired) electrons. The summed E-state index contributed by atoms with van der Waals surface area (Å²) in [6.07, 6.45) is 2.96. The van der Waals surface area contributed by atoms with Gasteiger partial charge in [-0.2, -0.15) is 5.10 Å². The summed E-state index contributed by atoms with van der Waals surface area (Å²) < 4.78 is 1.74. The largest absolute Gasteiger partial charge is 0.356 e. The number of nitrogens with one attached hydrogen (secondary N) is 1. The first-order chi connectivity index (χ1) is 16.5. The fraction of sp³-hybridized carbons (Fsp3) is 0.360. The van der Waals surface area contributed by atoms with Gasteiger partial charge in [0.15, 0.2) is 0 Å². The van der Waals surface area contributed by atoms with Gasteiger partial charge < -0.3 is 15.1 Å². The number of piperazine rings is 1. The lowest BCUT2D eigenvalue weighted by Gasteiger charge is -2.32. The molecule has 1 amide bonds. The summed E-state index contributed by atoms with van der Waals surface area (Å²) in [6, 6.07) is 15.9. The Hall–Kier alpha value is -3.56. The molecule has 34 heavy (non-hydrogen) atoms. The molecule has 9 heteroatoms. The standard InChI is InChI=1S/C25H30N6O3/c1-28-14-16-29(17-15-28)13-5-12-26-24(32)18-21-19-30(22-6-3-2-4-7-22)27-25(21)20-8-10-23(11-9-20)31(33)34/h2-4,6-11,19H,5,12-18H2,1H3,(H,26,32). The molecule has 178 valence electrons. The molecule has 2 aromatic carbocycles. The monoisotopic (exact) mass is 462 g/mol. The fourth-order valence-electron chi connectivity index (χ4n) is 4.07. The van der Waals surface area contributed by atoms with Crippen LogP contribution in [0.1, 0.15) is 12.0 Å². The molecule has 1 fully saturated rings. The van der Waals surface area contributed by atoms with Crippen LogP contribution in [0, 0.1) is 10.1 Å². The summed E-state index contributed by atoms with van der Waals surface area (Å²) in [5.41, 5.74) is 3.05. The third-order valence-corrected chi connectivity index (χ3v) is 6.08. The van der Waals surface area contributed by atoms with Crippen molar-refractivity contribution in [3.05, 3.63) is 76.5 Å². The number of aromatic nitrogens is 2. The average Bonchev–Trinajstić information content (AvgIpc) is 3.27. The maximum absolute atomic E-state index is 12.7. The van der Waals surface area contributed by atoms with Crippen molar-refractivity contribution in [3.63, 3.8) is 0 Å². The normalized spacial score (nSPS) is 14.7. The van der Waals surface area contributed by atoms with Gasteiger partial charge in [0, 0.05) is 62.2 Å². The molecule has 4 rings (SSSR count). The smallest absolute Gasteiger partial charge is 0.269 e. The molecule has 0 spiro atoms. The summed E-state index contributed by atoms with van der Waals surface area (Å²) in [4.78, 5) is 28.1. The molecule has 0 unspecified atom stereocenters. The molecule has 1 saturated heterocycles. The van der Waals surface area contributed by atoms with E-state index < -0.39 is 4.92 Å². The Bertz CT molecular complexity index is 1110. The van der Waals surface area contributed by atoms with Gasteiger partial charge >= 0.3 is 0 Å². The van der Waals surface area contributed by atoms with E-state index in [2.05, 4.69) is 22.2 Å². The van der Waals surface area contributed by atoms with Crippen LogP contribution in [0.4, 0.5) is 5.69 Å². The number of amides is 1. The SMILES string of the molecule is CN1CCN(CCCNC(=O)Cc2cn(-c3ccccc3)nc2-c2ccc([N+](=O)[O-])cc2)CC1. The van der Waals surface area contributed by atoms with Crippen molar-refractivity contribution in [2.45, 2.75) is 12.8 Å². The highest BCUT2D eigenvalue weighted by Gasteiger charge is 2.17. The molecule has 0 saturated carbocycles. The van der Waals surface area contributed by atoms with Crippen LogP contribution < -0.4 is 5.32 Å². The lowest BCUT2D eigenvalue weighted by Crippen LogP contribution is -2.45. The topological polar surface area (TPSA) is 96.5 Å². The zero-order valence-corrected chi connectivity index (χ0v) is 19.4. The maximum Gasteiger partial charge on any atom is 0.269 e. The number of para-hydroxylation sites is 1. The van der Waals surface area contributed by atoms with Crippen molar-refractivity contribution in [1.82, 2.24) is 24.9 Å². The van der Waals surface area contributed by atoms with E-state index in [4.69, 9.17) is 5.10 Å². The predicted molar refractivity (Wildman–Crippen MR) is 131 cm³/mol. The molecular weight excluding hydrogens is 432 g/mol. The van der Waals surface area contributed by atoms with Gasteiger partial charge in [0.2, 0.25) is 5.91 Å². The molecule has 0 atom stereocenters. The van der Waals surface area contributed by atoms with Crippen LogP contribution in [-0.2, 0) is 11.2 Å². The highest BCUT2D eigenvalue weighted by molar-refractivity contribution is 5.81. The van der Waals surface area contributed by atoms with Gasteiger partial charge in [0.25, 0.3) is 5.69 Å². The van der Waals surface area contributed by atoms with E-state index in [0.29, 0.717) is 12.2 Å². The first kappa shape index (κ1) is 23.6. The molecule has 3 aromatic rings. The number of hydrogen-bond acceptors (Lipinski definition) is 6. The summed E-state index contributed by atoms with van der Waals surface area (Å²) in [7, 11) is 2.14. The highest BCUT2D eigenvalue weighted by Crippen LogP contribution is 2.26. The number of non-ortho nitro benzene ring substituents is 1. The molecular formula is C25H30N6O3. The molecule has 1 aliphatic rings. The summed E-state index contributed by atoms with van der Waals surface area (Å²) in [6.45, 7) is 5.93. The Morgan fingerprint density at radius 1 is 1.06 bits per heavy atom. The highest BCUT2D eigenvalue weighted by atomic mass is 16.6. The van der Waals surface area contributed by atoms with E-state index in [9.17, 15) is 14.9 Å². The Balaban J connectivity index is 1.42. The quantitative estimate of drug-likeness (QED) is 0.298. The third kappa shape index (κ3) is 6.06. The lowest BCUT2D eigenvalue weighted by atomic mass is 10.1. The van der Waals surface area contributed by atoms with Gasteiger partial charge in [-0.25, -0.2) is 4.68 Å². The minimum absolute atomic E-state index is 0.0193. The molecule has 1 aromatic heterocycles. The van der Waals surface area contributed by atoms with Crippen LogP contribution in [0.25, 0.3) is 16.9 Å². The molecule has 1 aliphatic heterocycles. The number of nitrogens with zero attached hydrogens (tertiary/aromatic N) is 5. The van der Waals surface area contributed by atoms with Gasteiger partial charge in [0.05, 0.1) is 22.7 Å².